The van der Waals surface area contributed by atoms with Crippen molar-refractivity contribution in [1.29, 1.82) is 0 Å². The van der Waals surface area contributed by atoms with Crippen LogP contribution in [0.3, 0.4) is 0 Å². The van der Waals surface area contributed by atoms with Crippen LogP contribution in [0.5, 0.6) is 0 Å². The van der Waals surface area contributed by atoms with E-state index in [2.05, 4.69) is 22.1 Å². The van der Waals surface area contributed by atoms with Crippen LogP contribution in [-0.2, 0) is 11.2 Å². The van der Waals surface area contributed by atoms with Crippen molar-refractivity contribution in [2.24, 2.45) is 11.3 Å². The lowest BCUT2D eigenvalue weighted by Gasteiger charge is -2.35. The Morgan fingerprint density at radius 3 is 2.58 bits per heavy atom. The number of likely N-dealkylation sites (tertiary alicyclic amines) is 2. The van der Waals surface area contributed by atoms with Crippen molar-refractivity contribution in [1.82, 2.24) is 14.8 Å². The lowest BCUT2D eigenvalue weighted by atomic mass is 9.85. The molecule has 2 saturated heterocycles. The number of benzene rings is 2. The zero-order chi connectivity index (χ0) is 28.4. The summed E-state index contributed by atoms with van der Waals surface area (Å²) in [6.07, 6.45) is 5.02. The van der Waals surface area contributed by atoms with Gasteiger partial charge < -0.3 is 10.0 Å². The van der Waals surface area contributed by atoms with Gasteiger partial charge in [0.15, 0.2) is 0 Å². The molecule has 0 spiro atoms. The summed E-state index contributed by atoms with van der Waals surface area (Å²) in [6, 6.07) is 14.3. The topological polar surface area (TPSA) is 56.7 Å². The number of aromatic nitrogens is 1. The zero-order valence-corrected chi connectivity index (χ0v) is 25.1. The van der Waals surface area contributed by atoms with E-state index < -0.39 is 17.4 Å². The number of thiazole rings is 1. The van der Waals surface area contributed by atoms with Crippen molar-refractivity contribution in [2.75, 3.05) is 32.7 Å². The molecule has 8 heteroatoms. The molecule has 3 heterocycles. The van der Waals surface area contributed by atoms with Gasteiger partial charge in [-0.2, -0.15) is 0 Å². The zero-order valence-electron chi connectivity index (χ0n) is 23.5. The summed E-state index contributed by atoms with van der Waals surface area (Å²) in [4.78, 5) is 23.0. The molecule has 0 saturated carbocycles. The van der Waals surface area contributed by atoms with Crippen LogP contribution in [0.1, 0.15) is 66.5 Å². The van der Waals surface area contributed by atoms with Crippen LogP contribution in [0.4, 0.5) is 4.39 Å². The molecule has 5 rings (SSSR count). The van der Waals surface area contributed by atoms with E-state index in [1.807, 2.05) is 56.4 Å². The quantitative estimate of drug-likeness (QED) is 0.312. The first kappa shape index (κ1) is 29.2. The molecule has 0 bridgehead atoms. The molecule has 1 aromatic heterocycles. The molecule has 214 valence electrons. The average Bonchev–Trinajstić information content (AvgIpc) is 3.51. The van der Waals surface area contributed by atoms with Gasteiger partial charge in [-0.1, -0.05) is 56.6 Å². The summed E-state index contributed by atoms with van der Waals surface area (Å²) in [5.41, 5.74) is 1.75. The van der Waals surface area contributed by atoms with Gasteiger partial charge in [-0.3, -0.25) is 9.69 Å². The SMILES string of the molecule is CC(C)(C)[C@H](C(=O)O)N1C[C@H](CN2CCC(c3cnc(Cc4cccc(Cl)c4)s3)CC2)[C@@H](c2cccc(F)c2)C1. The Balaban J connectivity index is 1.23. The minimum Gasteiger partial charge on any atom is -0.480 e. The summed E-state index contributed by atoms with van der Waals surface area (Å²) in [6.45, 7) is 10.2. The Bertz CT molecular complexity index is 1320. The van der Waals surface area contributed by atoms with E-state index in [-0.39, 0.29) is 17.7 Å². The van der Waals surface area contributed by atoms with E-state index in [1.165, 1.54) is 16.5 Å². The summed E-state index contributed by atoms with van der Waals surface area (Å²) in [5, 5.41) is 12.0. The minimum atomic E-state index is -0.786. The largest absolute Gasteiger partial charge is 0.480 e. The molecule has 1 N–H and O–H groups in total. The van der Waals surface area contributed by atoms with E-state index in [9.17, 15) is 14.3 Å². The number of halogens is 2. The fourth-order valence-electron chi connectivity index (χ4n) is 6.64. The van der Waals surface area contributed by atoms with Crippen LogP contribution < -0.4 is 0 Å². The molecule has 0 amide bonds. The molecule has 3 atom stereocenters. The molecule has 2 aliphatic heterocycles. The van der Waals surface area contributed by atoms with Gasteiger partial charge in [0.1, 0.15) is 11.9 Å². The highest BCUT2D eigenvalue weighted by molar-refractivity contribution is 7.11. The summed E-state index contributed by atoms with van der Waals surface area (Å²) in [5.74, 6) is -0.159. The molecule has 0 unspecified atom stereocenters. The Kier molecular flexibility index (Phi) is 8.95. The number of carboxylic acids is 1. The summed E-state index contributed by atoms with van der Waals surface area (Å²) in [7, 11) is 0. The van der Waals surface area contributed by atoms with Crippen molar-refractivity contribution < 1.29 is 14.3 Å². The number of carbonyl (C=O) groups is 1. The lowest BCUT2D eigenvalue weighted by molar-refractivity contribution is -0.147. The number of piperidine rings is 1. The van der Waals surface area contributed by atoms with Crippen molar-refractivity contribution in [3.8, 4) is 0 Å². The van der Waals surface area contributed by atoms with E-state index >= 15 is 0 Å². The van der Waals surface area contributed by atoms with Gasteiger partial charge in [-0.25, -0.2) is 9.37 Å². The number of rotatable bonds is 8. The van der Waals surface area contributed by atoms with Crippen LogP contribution in [-0.4, -0.2) is 64.6 Å². The second kappa shape index (κ2) is 12.3. The smallest absolute Gasteiger partial charge is 0.321 e. The molecule has 2 aliphatic rings. The maximum atomic E-state index is 14.2. The molecule has 0 aliphatic carbocycles. The normalized spacial score (nSPS) is 22.0. The van der Waals surface area contributed by atoms with Gasteiger partial charge in [0.05, 0.1) is 5.01 Å². The number of hydrogen-bond donors (Lipinski definition) is 1. The highest BCUT2D eigenvalue weighted by atomic mass is 35.5. The summed E-state index contributed by atoms with van der Waals surface area (Å²) >= 11 is 7.96. The number of nitrogens with zero attached hydrogens (tertiary/aromatic N) is 3. The van der Waals surface area contributed by atoms with Crippen LogP contribution in [0.2, 0.25) is 5.02 Å². The molecule has 2 aromatic carbocycles. The Hall–Kier alpha value is -2.32. The van der Waals surface area contributed by atoms with Crippen LogP contribution in [0, 0.1) is 17.2 Å². The third-order valence-corrected chi connectivity index (χ3v) is 9.86. The number of carboxylic acid groups (broad SMARTS) is 1. The maximum Gasteiger partial charge on any atom is 0.321 e. The number of hydrogen-bond acceptors (Lipinski definition) is 5. The predicted molar refractivity (Wildman–Crippen MR) is 160 cm³/mol. The van der Waals surface area contributed by atoms with Crippen molar-refractivity contribution in [2.45, 2.75) is 57.9 Å². The van der Waals surface area contributed by atoms with E-state index in [0.29, 0.717) is 19.0 Å². The van der Waals surface area contributed by atoms with Crippen LogP contribution in [0.25, 0.3) is 0 Å². The van der Waals surface area contributed by atoms with Crippen LogP contribution >= 0.6 is 22.9 Å². The van der Waals surface area contributed by atoms with Gasteiger partial charge in [-0.15, -0.1) is 11.3 Å². The van der Waals surface area contributed by atoms with Gasteiger partial charge in [-0.05, 0) is 78.6 Å². The van der Waals surface area contributed by atoms with Gasteiger partial charge >= 0.3 is 5.97 Å². The highest BCUT2D eigenvalue weighted by Crippen LogP contribution is 2.39. The first-order valence-electron chi connectivity index (χ1n) is 14.2. The first-order valence-corrected chi connectivity index (χ1v) is 15.4. The van der Waals surface area contributed by atoms with Gasteiger partial charge in [0.2, 0.25) is 0 Å². The highest BCUT2D eigenvalue weighted by Gasteiger charge is 2.44. The molecular formula is C32H39ClFN3O2S. The van der Waals surface area contributed by atoms with Gasteiger partial charge in [0, 0.05) is 48.1 Å². The third kappa shape index (κ3) is 6.93. The molecule has 3 aromatic rings. The molecule has 0 radical (unpaired) electrons. The molecule has 5 nitrogen and oxygen atoms in total. The Labute approximate surface area is 246 Å². The predicted octanol–water partition coefficient (Wildman–Crippen LogP) is 6.92. The third-order valence-electron chi connectivity index (χ3n) is 8.46. The molecule has 2 fully saturated rings. The fourth-order valence-corrected chi connectivity index (χ4v) is 7.97. The fraction of sp³-hybridized carbons (Fsp3) is 0.500. The monoisotopic (exact) mass is 583 g/mol. The van der Waals surface area contributed by atoms with Gasteiger partial charge in [0.25, 0.3) is 0 Å². The lowest BCUT2D eigenvalue weighted by Crippen LogP contribution is -2.48. The summed E-state index contributed by atoms with van der Waals surface area (Å²) < 4.78 is 14.2. The maximum absolute atomic E-state index is 14.2. The second-order valence-corrected chi connectivity index (χ2v) is 14.1. The Morgan fingerprint density at radius 1 is 1.15 bits per heavy atom. The van der Waals surface area contributed by atoms with Crippen molar-refractivity contribution in [3.63, 3.8) is 0 Å². The minimum absolute atomic E-state index is 0.105. The number of aliphatic carboxylic acids is 1. The Morgan fingerprint density at radius 2 is 1.90 bits per heavy atom. The van der Waals surface area contributed by atoms with Crippen LogP contribution in [0.15, 0.2) is 54.7 Å². The van der Waals surface area contributed by atoms with E-state index in [0.717, 1.165) is 54.5 Å². The average molecular weight is 584 g/mol. The molecular weight excluding hydrogens is 545 g/mol. The standard InChI is InChI=1S/C32H39ClFN3O2S/c1-32(2,3)30(31(38)39)37-19-24(27(20-37)23-7-5-9-26(34)16-23)18-36-12-10-22(11-13-36)28-17-35-29(40-28)15-21-6-4-8-25(33)14-21/h4-9,14,16-17,22,24,27,30H,10-13,15,18-20H2,1-3H3,(H,38,39)/t24-,27+,30-/m0/s1. The van der Waals surface area contributed by atoms with Crippen molar-refractivity contribution in [3.05, 3.63) is 86.6 Å². The van der Waals surface area contributed by atoms with Crippen molar-refractivity contribution >= 4 is 28.9 Å². The molecule has 40 heavy (non-hydrogen) atoms. The second-order valence-electron chi connectivity index (χ2n) is 12.5. The first-order chi connectivity index (χ1) is 19.1. The van der Waals surface area contributed by atoms with E-state index in [4.69, 9.17) is 16.6 Å². The van der Waals surface area contributed by atoms with E-state index in [1.54, 1.807) is 12.1 Å².